The van der Waals surface area contributed by atoms with Gasteiger partial charge >= 0.3 is 6.18 Å². The summed E-state index contributed by atoms with van der Waals surface area (Å²) in [6.45, 7) is 0.711. The number of anilines is 1. The van der Waals surface area contributed by atoms with Crippen molar-refractivity contribution in [3.8, 4) is 6.07 Å². The first-order chi connectivity index (χ1) is 13.7. The summed E-state index contributed by atoms with van der Waals surface area (Å²) in [6, 6.07) is 7.45. The van der Waals surface area contributed by atoms with Crippen LogP contribution in [0.5, 0.6) is 0 Å². The molecule has 150 valence electrons. The van der Waals surface area contributed by atoms with Crippen molar-refractivity contribution in [2.24, 2.45) is 5.73 Å². The van der Waals surface area contributed by atoms with E-state index in [0.717, 1.165) is 6.07 Å². The summed E-state index contributed by atoms with van der Waals surface area (Å²) >= 11 is 3.25. The summed E-state index contributed by atoms with van der Waals surface area (Å²) in [4.78, 5) is 10.5. The average Bonchev–Trinajstić information content (AvgIpc) is 3.08. The van der Waals surface area contributed by atoms with Gasteiger partial charge in [-0.15, -0.1) is 0 Å². The van der Waals surface area contributed by atoms with Gasteiger partial charge in [-0.25, -0.2) is 4.98 Å². The number of fused-ring (bicyclic) bond motifs is 1. The van der Waals surface area contributed by atoms with Crippen molar-refractivity contribution in [1.82, 2.24) is 20.2 Å². The maximum absolute atomic E-state index is 13.4. The summed E-state index contributed by atoms with van der Waals surface area (Å²) < 4.78 is 40.7. The molecule has 1 saturated heterocycles. The van der Waals surface area contributed by atoms with Crippen molar-refractivity contribution in [3.05, 3.63) is 45.7 Å². The van der Waals surface area contributed by atoms with Gasteiger partial charge in [0.25, 0.3) is 0 Å². The van der Waals surface area contributed by atoms with Gasteiger partial charge in [0.2, 0.25) is 5.95 Å². The molecule has 0 atom stereocenters. The first-order valence-electron chi connectivity index (χ1n) is 8.75. The summed E-state index contributed by atoms with van der Waals surface area (Å²) in [7, 11) is 0. The zero-order valence-electron chi connectivity index (χ0n) is 15.0. The fraction of sp³-hybridized carbons (Fsp3) is 0.333. The number of nitrogens with two attached hydrogens (primary N) is 1. The molecule has 4 rings (SSSR count). The molecule has 0 saturated carbocycles. The summed E-state index contributed by atoms with van der Waals surface area (Å²) in [5, 5.41) is 16.6. The van der Waals surface area contributed by atoms with Crippen molar-refractivity contribution in [2.45, 2.75) is 24.6 Å². The molecule has 0 aliphatic carbocycles. The number of piperidine rings is 1. The van der Waals surface area contributed by atoms with Gasteiger partial charge in [0, 0.05) is 18.6 Å². The highest BCUT2D eigenvalue weighted by molar-refractivity contribution is 9.10. The molecule has 3 N–H and O–H groups in total. The Labute approximate surface area is 171 Å². The van der Waals surface area contributed by atoms with Crippen molar-refractivity contribution >= 4 is 32.9 Å². The molecule has 1 aromatic carbocycles. The van der Waals surface area contributed by atoms with Crippen LogP contribution in [0.25, 0.3) is 11.0 Å². The number of halogens is 4. The third-order valence-corrected chi connectivity index (χ3v) is 5.75. The largest absolute Gasteiger partial charge is 0.416 e. The SMILES string of the molecule is N#Cc1nc(N2CCC(N)(c3ccccc3C(F)(F)F)CC2)nc2[nH]nc(Br)c12. The van der Waals surface area contributed by atoms with Crippen LogP contribution >= 0.6 is 15.9 Å². The van der Waals surface area contributed by atoms with Gasteiger partial charge in [-0.05, 0) is 40.4 Å². The molecule has 1 aliphatic rings. The van der Waals surface area contributed by atoms with Gasteiger partial charge in [-0.1, -0.05) is 18.2 Å². The van der Waals surface area contributed by atoms with Gasteiger partial charge in [-0.3, -0.25) is 5.10 Å². The molecule has 1 aliphatic heterocycles. The standard InChI is InChI=1S/C18H15BrF3N7/c19-14-13-12(9-23)25-16(26-15(13)28-27-14)29-7-5-17(24,6-8-29)10-3-1-2-4-11(10)18(20,21)22/h1-4H,5-8,24H2,(H,25,26,27,28). The number of rotatable bonds is 2. The van der Waals surface area contributed by atoms with Crippen LogP contribution in [0.3, 0.4) is 0 Å². The summed E-state index contributed by atoms with van der Waals surface area (Å²) in [5.74, 6) is 0.316. The molecular weight excluding hydrogens is 451 g/mol. The molecule has 0 unspecified atom stereocenters. The number of benzene rings is 1. The normalized spacial score (nSPS) is 16.8. The number of H-pyrrole nitrogens is 1. The second-order valence-electron chi connectivity index (χ2n) is 6.91. The van der Waals surface area contributed by atoms with Gasteiger partial charge in [0.05, 0.1) is 10.9 Å². The van der Waals surface area contributed by atoms with Crippen LogP contribution in [0.15, 0.2) is 28.9 Å². The van der Waals surface area contributed by atoms with E-state index in [0.29, 0.717) is 34.7 Å². The number of aromatic amines is 1. The monoisotopic (exact) mass is 465 g/mol. The lowest BCUT2D eigenvalue weighted by Crippen LogP contribution is -2.49. The molecule has 3 heterocycles. The molecule has 11 heteroatoms. The van der Waals surface area contributed by atoms with E-state index in [1.165, 1.54) is 12.1 Å². The highest BCUT2D eigenvalue weighted by Crippen LogP contribution is 2.40. The second-order valence-corrected chi connectivity index (χ2v) is 7.66. The second kappa shape index (κ2) is 6.96. The van der Waals surface area contributed by atoms with E-state index < -0.39 is 17.3 Å². The minimum absolute atomic E-state index is 0.0960. The van der Waals surface area contributed by atoms with Crippen LogP contribution in [0, 0.1) is 11.3 Å². The molecule has 1 fully saturated rings. The maximum atomic E-state index is 13.4. The quantitative estimate of drug-likeness (QED) is 0.599. The fourth-order valence-corrected chi connectivity index (χ4v) is 4.11. The van der Waals surface area contributed by atoms with E-state index in [4.69, 9.17) is 5.73 Å². The number of alkyl halides is 3. The number of hydrogen-bond donors (Lipinski definition) is 2. The molecule has 3 aromatic rings. The fourth-order valence-electron chi connectivity index (χ4n) is 3.65. The smallest absolute Gasteiger partial charge is 0.341 e. The van der Waals surface area contributed by atoms with Crippen molar-refractivity contribution in [2.75, 3.05) is 18.0 Å². The van der Waals surface area contributed by atoms with E-state index in [2.05, 4.69) is 36.1 Å². The highest BCUT2D eigenvalue weighted by Gasteiger charge is 2.41. The molecule has 0 spiro atoms. The van der Waals surface area contributed by atoms with Crippen LogP contribution in [0.4, 0.5) is 19.1 Å². The molecule has 7 nitrogen and oxygen atoms in total. The van der Waals surface area contributed by atoms with Crippen molar-refractivity contribution in [1.29, 1.82) is 5.26 Å². The van der Waals surface area contributed by atoms with E-state index in [1.54, 1.807) is 6.07 Å². The third kappa shape index (κ3) is 3.42. The summed E-state index contributed by atoms with van der Waals surface area (Å²) in [5.41, 5.74) is 5.28. The van der Waals surface area contributed by atoms with E-state index in [9.17, 15) is 18.4 Å². The first kappa shape index (κ1) is 19.6. The number of nitrogens with one attached hydrogen (secondary N) is 1. The zero-order valence-corrected chi connectivity index (χ0v) is 16.5. The Balaban J connectivity index is 1.62. The maximum Gasteiger partial charge on any atom is 0.416 e. The number of nitriles is 1. The van der Waals surface area contributed by atoms with Gasteiger partial charge in [-0.2, -0.15) is 28.5 Å². The molecule has 0 radical (unpaired) electrons. The minimum Gasteiger partial charge on any atom is -0.341 e. The lowest BCUT2D eigenvalue weighted by molar-refractivity contribution is -0.138. The Kier molecular flexibility index (Phi) is 4.71. The Hall–Kier alpha value is -2.71. The Bertz CT molecular complexity index is 1110. The molecule has 2 aromatic heterocycles. The number of nitrogens with zero attached hydrogens (tertiary/aromatic N) is 5. The van der Waals surface area contributed by atoms with Crippen LogP contribution in [-0.2, 0) is 11.7 Å². The first-order valence-corrected chi connectivity index (χ1v) is 9.54. The van der Waals surface area contributed by atoms with Crippen LogP contribution in [0.2, 0.25) is 0 Å². The van der Waals surface area contributed by atoms with E-state index >= 15 is 0 Å². The molecular formula is C18H15BrF3N7. The molecule has 0 bridgehead atoms. The van der Waals surface area contributed by atoms with Crippen LogP contribution in [0.1, 0.15) is 29.7 Å². The molecule has 0 amide bonds. The Morgan fingerprint density at radius 2 is 1.90 bits per heavy atom. The topological polar surface area (TPSA) is 108 Å². The Morgan fingerprint density at radius 3 is 2.55 bits per heavy atom. The lowest BCUT2D eigenvalue weighted by Gasteiger charge is -2.40. The third-order valence-electron chi connectivity index (χ3n) is 5.18. The predicted octanol–water partition coefficient (Wildman–Crippen LogP) is 3.46. The van der Waals surface area contributed by atoms with E-state index in [1.807, 2.05) is 11.0 Å². The average molecular weight is 466 g/mol. The van der Waals surface area contributed by atoms with Crippen LogP contribution in [-0.4, -0.2) is 33.3 Å². The highest BCUT2D eigenvalue weighted by atomic mass is 79.9. The Morgan fingerprint density at radius 1 is 1.21 bits per heavy atom. The van der Waals surface area contributed by atoms with Crippen molar-refractivity contribution < 1.29 is 13.2 Å². The lowest BCUT2D eigenvalue weighted by atomic mass is 9.79. The van der Waals surface area contributed by atoms with Gasteiger partial charge in [0.15, 0.2) is 11.3 Å². The molecule has 29 heavy (non-hydrogen) atoms. The predicted molar refractivity (Wildman–Crippen MR) is 103 cm³/mol. The van der Waals surface area contributed by atoms with Gasteiger partial charge in [0.1, 0.15) is 10.7 Å². The van der Waals surface area contributed by atoms with Gasteiger partial charge < -0.3 is 10.6 Å². The van der Waals surface area contributed by atoms with E-state index in [-0.39, 0.29) is 24.1 Å². The minimum atomic E-state index is -4.47. The van der Waals surface area contributed by atoms with Crippen LogP contribution < -0.4 is 10.6 Å². The zero-order chi connectivity index (χ0) is 20.8. The number of hydrogen-bond acceptors (Lipinski definition) is 6. The number of aromatic nitrogens is 4. The van der Waals surface area contributed by atoms with Crippen molar-refractivity contribution in [3.63, 3.8) is 0 Å². The summed E-state index contributed by atoms with van der Waals surface area (Å²) in [6.07, 6.45) is -3.89.